The maximum Gasteiger partial charge on any atom is 0.247 e. The number of amides is 1. The zero-order chi connectivity index (χ0) is 12.1. The topological polar surface area (TPSA) is 89.9 Å². The lowest BCUT2D eigenvalue weighted by atomic mass is 10.1. The molecule has 0 heterocycles. The molecule has 0 spiro atoms. The lowest BCUT2D eigenvalue weighted by Gasteiger charge is -2.17. The minimum Gasteiger partial charge on any atom is -0.344 e. The summed E-state index contributed by atoms with van der Waals surface area (Å²) >= 11 is 0. The van der Waals surface area contributed by atoms with Crippen molar-refractivity contribution in [3.05, 3.63) is 0 Å². The van der Waals surface area contributed by atoms with Crippen LogP contribution in [0.4, 0.5) is 0 Å². The Kier molecular flexibility index (Phi) is 6.05. The first-order valence-electron chi connectivity index (χ1n) is 4.71. The third-order valence-electron chi connectivity index (χ3n) is 1.54. The number of rotatable bonds is 6. The molecule has 15 heavy (non-hydrogen) atoms. The van der Waals surface area contributed by atoms with E-state index in [2.05, 4.69) is 5.32 Å². The van der Waals surface area contributed by atoms with Gasteiger partial charge in [0.2, 0.25) is 13.3 Å². The van der Waals surface area contributed by atoms with Crippen LogP contribution < -0.4 is 5.32 Å². The van der Waals surface area contributed by atoms with Crippen LogP contribution in [0.2, 0.25) is 0 Å². The SMILES string of the molecule is CC(C)CC(=O)N(O)CNCP(C)(=O)O. The molecule has 7 heteroatoms. The fourth-order valence-electron chi connectivity index (χ4n) is 0.906. The van der Waals surface area contributed by atoms with Crippen molar-refractivity contribution < 1.29 is 19.5 Å². The van der Waals surface area contributed by atoms with E-state index in [0.717, 1.165) is 0 Å². The zero-order valence-corrected chi connectivity index (χ0v) is 10.2. The Labute approximate surface area is 89.7 Å². The van der Waals surface area contributed by atoms with Crippen LogP contribution in [0.3, 0.4) is 0 Å². The van der Waals surface area contributed by atoms with Gasteiger partial charge in [0, 0.05) is 13.1 Å². The van der Waals surface area contributed by atoms with Gasteiger partial charge in [-0.05, 0) is 5.92 Å². The molecule has 0 aliphatic carbocycles. The highest BCUT2D eigenvalue weighted by molar-refractivity contribution is 7.57. The van der Waals surface area contributed by atoms with Gasteiger partial charge in [-0.1, -0.05) is 13.8 Å². The van der Waals surface area contributed by atoms with E-state index in [1.54, 1.807) is 0 Å². The van der Waals surface area contributed by atoms with Gasteiger partial charge < -0.3 is 4.89 Å². The number of hydroxylamine groups is 2. The maximum absolute atomic E-state index is 11.2. The number of nitrogens with zero attached hydrogens (tertiary/aromatic N) is 1. The molecule has 0 aromatic carbocycles. The van der Waals surface area contributed by atoms with Crippen LogP contribution >= 0.6 is 7.37 Å². The lowest BCUT2D eigenvalue weighted by molar-refractivity contribution is -0.167. The summed E-state index contributed by atoms with van der Waals surface area (Å²) in [7, 11) is -3.14. The van der Waals surface area contributed by atoms with E-state index < -0.39 is 13.3 Å². The number of nitrogens with one attached hydrogen (secondary N) is 1. The summed E-state index contributed by atoms with van der Waals surface area (Å²) in [6, 6.07) is 0. The molecule has 1 atom stereocenters. The first kappa shape index (κ1) is 14.6. The van der Waals surface area contributed by atoms with Crippen LogP contribution in [-0.4, -0.2) is 40.7 Å². The van der Waals surface area contributed by atoms with Crippen LogP contribution in [-0.2, 0) is 9.36 Å². The van der Waals surface area contributed by atoms with Crippen molar-refractivity contribution in [3.8, 4) is 0 Å². The maximum atomic E-state index is 11.2. The van der Waals surface area contributed by atoms with E-state index in [1.165, 1.54) is 6.66 Å². The molecule has 0 aliphatic heterocycles. The largest absolute Gasteiger partial charge is 0.344 e. The number of carbonyl (C=O) groups is 1. The summed E-state index contributed by atoms with van der Waals surface area (Å²) in [6.45, 7) is 4.81. The third-order valence-corrected chi connectivity index (χ3v) is 2.35. The van der Waals surface area contributed by atoms with E-state index in [4.69, 9.17) is 4.89 Å². The van der Waals surface area contributed by atoms with Crippen LogP contribution in [0.25, 0.3) is 0 Å². The van der Waals surface area contributed by atoms with Crippen LogP contribution in [0, 0.1) is 5.92 Å². The number of hydrogen-bond donors (Lipinski definition) is 3. The summed E-state index contributed by atoms with van der Waals surface area (Å²) in [4.78, 5) is 20.1. The first-order chi connectivity index (χ1) is 6.72. The Hall–Kier alpha value is -0.420. The smallest absolute Gasteiger partial charge is 0.247 e. The van der Waals surface area contributed by atoms with Crippen molar-refractivity contribution in [1.29, 1.82) is 0 Å². The molecule has 3 N–H and O–H groups in total. The molecule has 0 fully saturated rings. The summed E-state index contributed by atoms with van der Waals surface area (Å²) in [5.74, 6) is -0.233. The van der Waals surface area contributed by atoms with Gasteiger partial charge in [-0.3, -0.25) is 19.9 Å². The van der Waals surface area contributed by atoms with Gasteiger partial charge in [0.25, 0.3) is 0 Å². The summed E-state index contributed by atoms with van der Waals surface area (Å²) < 4.78 is 10.9. The summed E-state index contributed by atoms with van der Waals surface area (Å²) in [5, 5.41) is 12.3. The Morgan fingerprint density at radius 1 is 1.53 bits per heavy atom. The molecule has 90 valence electrons. The fourth-order valence-corrected chi connectivity index (χ4v) is 1.42. The van der Waals surface area contributed by atoms with Gasteiger partial charge in [0.05, 0.1) is 13.0 Å². The van der Waals surface area contributed by atoms with E-state index in [1.807, 2.05) is 13.8 Å². The van der Waals surface area contributed by atoms with Crippen molar-refractivity contribution >= 4 is 13.3 Å². The monoisotopic (exact) mass is 238 g/mol. The lowest BCUT2D eigenvalue weighted by Crippen LogP contribution is -2.37. The average molecular weight is 238 g/mol. The molecular formula is C8H19N2O4P. The Balaban J connectivity index is 3.79. The second kappa shape index (κ2) is 6.23. The highest BCUT2D eigenvalue weighted by Gasteiger charge is 2.14. The Bertz CT molecular complexity index is 251. The second-order valence-electron chi connectivity index (χ2n) is 4.01. The quantitative estimate of drug-likeness (QED) is 0.273. The summed E-state index contributed by atoms with van der Waals surface area (Å²) in [6.07, 6.45) is 0.125. The standard InChI is InChI=1S/C8H19N2O4P/c1-7(2)4-8(11)10(12)5-9-6-15(3,13)14/h7,9,12H,4-6H2,1-3H3,(H,13,14). The van der Waals surface area contributed by atoms with Gasteiger partial charge in [-0.25, -0.2) is 5.06 Å². The van der Waals surface area contributed by atoms with Crippen LogP contribution in [0.15, 0.2) is 0 Å². The van der Waals surface area contributed by atoms with Crippen LogP contribution in [0.1, 0.15) is 20.3 Å². The van der Waals surface area contributed by atoms with E-state index in [-0.39, 0.29) is 25.3 Å². The van der Waals surface area contributed by atoms with Gasteiger partial charge in [-0.15, -0.1) is 0 Å². The van der Waals surface area contributed by atoms with Crippen molar-refractivity contribution in [2.45, 2.75) is 20.3 Å². The van der Waals surface area contributed by atoms with Gasteiger partial charge in [0.1, 0.15) is 0 Å². The molecule has 0 radical (unpaired) electrons. The molecule has 0 saturated heterocycles. The zero-order valence-electron chi connectivity index (χ0n) is 9.30. The van der Waals surface area contributed by atoms with Gasteiger partial charge in [-0.2, -0.15) is 0 Å². The molecule has 0 aromatic heterocycles. The predicted molar refractivity (Wildman–Crippen MR) is 56.7 cm³/mol. The third kappa shape index (κ3) is 8.57. The normalized spacial score (nSPS) is 15.1. The molecule has 0 aromatic rings. The number of hydrogen-bond acceptors (Lipinski definition) is 4. The van der Waals surface area contributed by atoms with Crippen molar-refractivity contribution in [3.63, 3.8) is 0 Å². The molecule has 0 rings (SSSR count). The highest BCUT2D eigenvalue weighted by Crippen LogP contribution is 2.32. The molecule has 1 amide bonds. The minimum absolute atomic E-state index is 0.126. The molecule has 1 unspecified atom stereocenters. The van der Waals surface area contributed by atoms with E-state index in [9.17, 15) is 14.6 Å². The molecule has 0 saturated carbocycles. The average Bonchev–Trinajstić information content (AvgIpc) is 2.00. The van der Waals surface area contributed by atoms with E-state index in [0.29, 0.717) is 5.06 Å². The van der Waals surface area contributed by atoms with Gasteiger partial charge in [0.15, 0.2) is 0 Å². The molecular weight excluding hydrogens is 219 g/mol. The van der Waals surface area contributed by atoms with Crippen molar-refractivity contribution in [1.82, 2.24) is 10.4 Å². The molecule has 6 nitrogen and oxygen atoms in total. The van der Waals surface area contributed by atoms with Crippen molar-refractivity contribution in [2.24, 2.45) is 5.92 Å². The van der Waals surface area contributed by atoms with E-state index >= 15 is 0 Å². The van der Waals surface area contributed by atoms with Crippen molar-refractivity contribution in [2.75, 3.05) is 19.6 Å². The Morgan fingerprint density at radius 3 is 2.47 bits per heavy atom. The summed E-state index contributed by atoms with van der Waals surface area (Å²) in [5.41, 5.74) is 0. The molecule has 0 bridgehead atoms. The fraction of sp³-hybridized carbons (Fsp3) is 0.875. The second-order valence-corrected chi connectivity index (χ2v) is 6.43. The van der Waals surface area contributed by atoms with Crippen LogP contribution in [0.5, 0.6) is 0 Å². The predicted octanol–water partition coefficient (Wildman–Crippen LogP) is 0.655. The first-order valence-corrected chi connectivity index (χ1v) is 7.01. The highest BCUT2D eigenvalue weighted by atomic mass is 31.2. The van der Waals surface area contributed by atoms with Gasteiger partial charge >= 0.3 is 0 Å². The minimum atomic E-state index is -3.14. The Morgan fingerprint density at radius 2 is 2.07 bits per heavy atom. The molecule has 0 aliphatic rings. The number of carbonyl (C=O) groups excluding carboxylic acids is 1.